The van der Waals surface area contributed by atoms with E-state index < -0.39 is 4.92 Å². The standard InChI is InChI=1S/C19H19N3O6/c1-12-9-18(23)20-14-5-3-4-6-15(14)21(12)19(24)11-28-17-10-13(22(25)26)7-8-16(17)27-2/h3-8,10,12H,9,11H2,1-2H3,(H,20,23). The van der Waals surface area contributed by atoms with Gasteiger partial charge in [0.25, 0.3) is 11.6 Å². The molecule has 1 atom stereocenters. The fourth-order valence-corrected chi connectivity index (χ4v) is 3.07. The van der Waals surface area contributed by atoms with Crippen molar-refractivity contribution in [2.24, 2.45) is 0 Å². The van der Waals surface area contributed by atoms with Gasteiger partial charge >= 0.3 is 0 Å². The summed E-state index contributed by atoms with van der Waals surface area (Å²) >= 11 is 0. The Bertz CT molecular complexity index is 930. The highest BCUT2D eigenvalue weighted by Crippen LogP contribution is 2.33. The van der Waals surface area contributed by atoms with Crippen LogP contribution in [-0.2, 0) is 9.59 Å². The predicted molar refractivity (Wildman–Crippen MR) is 102 cm³/mol. The zero-order valence-corrected chi connectivity index (χ0v) is 15.4. The van der Waals surface area contributed by atoms with Gasteiger partial charge in [-0.3, -0.25) is 19.7 Å². The lowest BCUT2D eigenvalue weighted by molar-refractivity contribution is -0.385. The Morgan fingerprint density at radius 2 is 2.04 bits per heavy atom. The zero-order valence-electron chi connectivity index (χ0n) is 15.4. The van der Waals surface area contributed by atoms with E-state index in [1.165, 1.54) is 30.2 Å². The first-order chi connectivity index (χ1) is 13.4. The summed E-state index contributed by atoms with van der Waals surface area (Å²) in [4.78, 5) is 36.9. The molecule has 1 aliphatic rings. The Morgan fingerprint density at radius 3 is 2.75 bits per heavy atom. The maximum absolute atomic E-state index is 12.9. The van der Waals surface area contributed by atoms with Crippen LogP contribution >= 0.6 is 0 Å². The molecule has 0 saturated carbocycles. The third-order valence-corrected chi connectivity index (χ3v) is 4.34. The Kier molecular flexibility index (Phi) is 5.44. The largest absolute Gasteiger partial charge is 0.493 e. The number of para-hydroxylation sites is 2. The van der Waals surface area contributed by atoms with Crippen LogP contribution in [0, 0.1) is 10.1 Å². The maximum Gasteiger partial charge on any atom is 0.273 e. The number of anilines is 2. The molecule has 0 aliphatic carbocycles. The lowest BCUT2D eigenvalue weighted by Gasteiger charge is -2.27. The van der Waals surface area contributed by atoms with Gasteiger partial charge in [0.2, 0.25) is 5.91 Å². The average molecular weight is 385 g/mol. The highest BCUT2D eigenvalue weighted by atomic mass is 16.6. The SMILES string of the molecule is COc1ccc([N+](=O)[O-])cc1OCC(=O)N1c2ccccc2NC(=O)CC1C. The van der Waals surface area contributed by atoms with Crippen LogP contribution in [0.5, 0.6) is 11.5 Å². The Hall–Kier alpha value is -3.62. The molecule has 0 fully saturated rings. The number of nitro groups is 1. The van der Waals surface area contributed by atoms with Gasteiger partial charge in [0.05, 0.1) is 29.5 Å². The molecule has 1 heterocycles. The number of non-ortho nitro benzene ring substituents is 1. The molecule has 0 aromatic heterocycles. The molecule has 2 amide bonds. The van der Waals surface area contributed by atoms with Crippen LogP contribution in [-0.4, -0.2) is 36.5 Å². The van der Waals surface area contributed by atoms with E-state index in [2.05, 4.69) is 5.32 Å². The van der Waals surface area contributed by atoms with Crippen molar-refractivity contribution in [3.05, 3.63) is 52.6 Å². The minimum absolute atomic E-state index is 0.0926. The minimum atomic E-state index is -0.557. The second-order valence-corrected chi connectivity index (χ2v) is 6.26. The number of nitro benzene ring substituents is 1. The van der Waals surface area contributed by atoms with E-state index in [0.717, 1.165) is 0 Å². The quantitative estimate of drug-likeness (QED) is 0.626. The predicted octanol–water partition coefficient (Wildman–Crippen LogP) is 2.75. The van der Waals surface area contributed by atoms with Gasteiger partial charge in [-0.25, -0.2) is 0 Å². The molecule has 1 unspecified atom stereocenters. The number of fused-ring (bicyclic) bond motifs is 1. The molecule has 9 heteroatoms. The summed E-state index contributed by atoms with van der Waals surface area (Å²) in [6.45, 7) is 1.40. The number of rotatable bonds is 5. The molecule has 1 aliphatic heterocycles. The Morgan fingerprint density at radius 1 is 1.29 bits per heavy atom. The smallest absolute Gasteiger partial charge is 0.273 e. The number of nitrogens with zero attached hydrogens (tertiary/aromatic N) is 2. The molecular weight excluding hydrogens is 366 g/mol. The topological polar surface area (TPSA) is 111 Å². The average Bonchev–Trinajstić information content (AvgIpc) is 2.79. The highest BCUT2D eigenvalue weighted by molar-refractivity contribution is 6.04. The van der Waals surface area contributed by atoms with Crippen molar-refractivity contribution in [3.63, 3.8) is 0 Å². The van der Waals surface area contributed by atoms with Gasteiger partial charge in [0, 0.05) is 18.5 Å². The first-order valence-electron chi connectivity index (χ1n) is 8.57. The molecule has 0 spiro atoms. The second kappa shape index (κ2) is 7.95. The summed E-state index contributed by atoms with van der Waals surface area (Å²) in [6.07, 6.45) is 0.139. The monoisotopic (exact) mass is 385 g/mol. The van der Waals surface area contributed by atoms with Crippen molar-refractivity contribution >= 4 is 28.9 Å². The van der Waals surface area contributed by atoms with Crippen LogP contribution in [0.1, 0.15) is 13.3 Å². The van der Waals surface area contributed by atoms with Gasteiger partial charge in [-0.1, -0.05) is 12.1 Å². The van der Waals surface area contributed by atoms with Crippen molar-refractivity contribution < 1.29 is 24.0 Å². The number of carbonyl (C=O) groups is 2. The van der Waals surface area contributed by atoms with E-state index >= 15 is 0 Å². The summed E-state index contributed by atoms with van der Waals surface area (Å²) in [7, 11) is 1.40. The maximum atomic E-state index is 12.9. The third-order valence-electron chi connectivity index (χ3n) is 4.34. The molecule has 2 aromatic carbocycles. The number of hydrogen-bond acceptors (Lipinski definition) is 6. The molecule has 2 aromatic rings. The summed E-state index contributed by atoms with van der Waals surface area (Å²) < 4.78 is 10.7. The van der Waals surface area contributed by atoms with Crippen molar-refractivity contribution in [2.75, 3.05) is 23.9 Å². The number of nitrogens with one attached hydrogen (secondary N) is 1. The fraction of sp³-hybridized carbons (Fsp3) is 0.263. The summed E-state index contributed by atoms with van der Waals surface area (Å²) in [5.41, 5.74) is 0.935. The molecule has 1 N–H and O–H groups in total. The van der Waals surface area contributed by atoms with Crippen molar-refractivity contribution in [1.82, 2.24) is 0 Å². The number of amides is 2. The van der Waals surface area contributed by atoms with Crippen molar-refractivity contribution in [1.29, 1.82) is 0 Å². The summed E-state index contributed by atoms with van der Waals surface area (Å²) in [6, 6.07) is 10.5. The van der Waals surface area contributed by atoms with E-state index in [1.54, 1.807) is 31.2 Å². The van der Waals surface area contributed by atoms with Gasteiger partial charge in [0.1, 0.15) is 0 Å². The molecule has 0 saturated heterocycles. The van der Waals surface area contributed by atoms with Crippen LogP contribution in [0.4, 0.5) is 17.1 Å². The summed E-state index contributed by atoms with van der Waals surface area (Å²) in [5.74, 6) is -0.198. The van der Waals surface area contributed by atoms with Crippen molar-refractivity contribution in [3.8, 4) is 11.5 Å². The van der Waals surface area contributed by atoms with Gasteiger partial charge in [-0.15, -0.1) is 0 Å². The van der Waals surface area contributed by atoms with Gasteiger partial charge in [-0.2, -0.15) is 0 Å². The first kappa shape index (κ1) is 19.2. The fourth-order valence-electron chi connectivity index (χ4n) is 3.07. The Balaban J connectivity index is 1.84. The molecule has 28 heavy (non-hydrogen) atoms. The number of ether oxygens (including phenoxy) is 2. The zero-order chi connectivity index (χ0) is 20.3. The number of carbonyl (C=O) groups excluding carboxylic acids is 2. The minimum Gasteiger partial charge on any atom is -0.493 e. The highest BCUT2D eigenvalue weighted by Gasteiger charge is 2.30. The second-order valence-electron chi connectivity index (χ2n) is 6.26. The van der Waals surface area contributed by atoms with E-state index in [-0.39, 0.29) is 48.1 Å². The Labute approximate surface area is 161 Å². The molecule has 146 valence electrons. The molecular formula is C19H19N3O6. The van der Waals surface area contributed by atoms with Gasteiger partial charge in [-0.05, 0) is 25.1 Å². The summed E-state index contributed by atoms with van der Waals surface area (Å²) in [5, 5.41) is 13.8. The molecule has 3 rings (SSSR count). The van der Waals surface area contributed by atoms with E-state index in [4.69, 9.17) is 9.47 Å². The van der Waals surface area contributed by atoms with Crippen LogP contribution < -0.4 is 19.7 Å². The van der Waals surface area contributed by atoms with E-state index in [0.29, 0.717) is 11.4 Å². The first-order valence-corrected chi connectivity index (χ1v) is 8.57. The van der Waals surface area contributed by atoms with Crippen LogP contribution in [0.3, 0.4) is 0 Å². The normalized spacial score (nSPS) is 15.9. The lowest BCUT2D eigenvalue weighted by Crippen LogP contribution is -2.41. The number of hydrogen-bond donors (Lipinski definition) is 1. The van der Waals surface area contributed by atoms with Crippen LogP contribution in [0.2, 0.25) is 0 Å². The van der Waals surface area contributed by atoms with E-state index in [1.807, 2.05) is 0 Å². The molecule has 0 bridgehead atoms. The number of methoxy groups -OCH3 is 1. The van der Waals surface area contributed by atoms with Gasteiger partial charge in [0.15, 0.2) is 18.1 Å². The van der Waals surface area contributed by atoms with Crippen molar-refractivity contribution in [2.45, 2.75) is 19.4 Å². The van der Waals surface area contributed by atoms with Gasteiger partial charge < -0.3 is 19.7 Å². The third kappa shape index (κ3) is 3.88. The van der Waals surface area contributed by atoms with Crippen LogP contribution in [0.25, 0.3) is 0 Å². The van der Waals surface area contributed by atoms with E-state index in [9.17, 15) is 19.7 Å². The molecule has 9 nitrogen and oxygen atoms in total. The lowest BCUT2D eigenvalue weighted by atomic mass is 10.1. The molecule has 0 radical (unpaired) electrons. The number of benzene rings is 2. The van der Waals surface area contributed by atoms with Crippen LogP contribution in [0.15, 0.2) is 42.5 Å².